The van der Waals surface area contributed by atoms with E-state index < -0.39 is 15.9 Å². The Hall–Kier alpha value is -2.98. The molecule has 3 heterocycles. The highest BCUT2D eigenvalue weighted by Gasteiger charge is 2.29. The molecule has 0 aliphatic carbocycles. The number of amides is 1. The summed E-state index contributed by atoms with van der Waals surface area (Å²) in [6, 6.07) is 9.74. The highest BCUT2D eigenvalue weighted by atomic mass is 32.2. The maximum Gasteiger partial charge on any atom is 0.291 e. The normalized spacial score (nSPS) is 15.3. The van der Waals surface area contributed by atoms with Crippen LogP contribution in [0.5, 0.6) is 0 Å². The van der Waals surface area contributed by atoms with Crippen molar-refractivity contribution in [2.45, 2.75) is 31.3 Å². The zero-order valence-electron chi connectivity index (χ0n) is 15.9. The molecule has 0 atom stereocenters. The third kappa shape index (κ3) is 4.08. The molecule has 152 valence electrons. The molecule has 9 nitrogen and oxygen atoms in total. The van der Waals surface area contributed by atoms with E-state index in [0.717, 1.165) is 24.8 Å². The Morgan fingerprint density at radius 3 is 2.69 bits per heavy atom. The smallest absolute Gasteiger partial charge is 0.291 e. The summed E-state index contributed by atoms with van der Waals surface area (Å²) in [6.07, 6.45) is 2.67. The van der Waals surface area contributed by atoms with Crippen LogP contribution in [0.25, 0.3) is 11.4 Å². The average Bonchev–Trinajstić information content (AvgIpc) is 3.39. The molecule has 3 aromatic rings. The van der Waals surface area contributed by atoms with Gasteiger partial charge in [-0.2, -0.15) is 9.40 Å². The number of carbonyl (C=O) groups excluding carboxylic acids is 1. The lowest BCUT2D eigenvalue weighted by molar-refractivity contribution is 0.0991. The Balaban J connectivity index is 1.50. The van der Waals surface area contributed by atoms with E-state index in [-0.39, 0.29) is 10.9 Å². The van der Waals surface area contributed by atoms with E-state index in [0.29, 0.717) is 30.4 Å². The van der Waals surface area contributed by atoms with Crippen LogP contribution in [0.3, 0.4) is 0 Å². The van der Waals surface area contributed by atoms with E-state index in [1.165, 1.54) is 16.4 Å². The van der Waals surface area contributed by atoms with Crippen molar-refractivity contribution < 1.29 is 17.6 Å². The van der Waals surface area contributed by atoms with E-state index in [1.807, 2.05) is 6.07 Å². The van der Waals surface area contributed by atoms with E-state index >= 15 is 0 Å². The molecule has 0 bridgehead atoms. The minimum absolute atomic E-state index is 0.0697. The van der Waals surface area contributed by atoms with Gasteiger partial charge < -0.3 is 9.73 Å². The Morgan fingerprint density at radius 2 is 1.97 bits per heavy atom. The molecule has 4 rings (SSSR count). The molecule has 1 amide bonds. The van der Waals surface area contributed by atoms with Crippen molar-refractivity contribution in [2.24, 2.45) is 0 Å². The van der Waals surface area contributed by atoms with Crippen LogP contribution in [-0.2, 0) is 10.0 Å². The Labute approximate surface area is 168 Å². The Morgan fingerprint density at radius 1 is 1.17 bits per heavy atom. The maximum absolute atomic E-state index is 12.7. The van der Waals surface area contributed by atoms with E-state index in [9.17, 15) is 13.2 Å². The number of aryl methyl sites for hydroxylation is 1. The number of nitrogens with zero attached hydrogens (tertiary/aromatic N) is 3. The molecule has 10 heteroatoms. The predicted octanol–water partition coefficient (Wildman–Crippen LogP) is 2.80. The van der Waals surface area contributed by atoms with E-state index in [2.05, 4.69) is 20.5 Å². The van der Waals surface area contributed by atoms with Crippen molar-refractivity contribution in [1.29, 1.82) is 0 Å². The second-order valence-electron chi connectivity index (χ2n) is 6.86. The fraction of sp³-hybridized carbons (Fsp3) is 0.316. The number of benzene rings is 1. The van der Waals surface area contributed by atoms with Crippen LogP contribution in [0.1, 0.15) is 35.6 Å². The van der Waals surface area contributed by atoms with Crippen molar-refractivity contribution in [3.63, 3.8) is 0 Å². The number of furan rings is 1. The summed E-state index contributed by atoms with van der Waals surface area (Å²) in [4.78, 5) is 16.8. The van der Waals surface area contributed by atoms with Gasteiger partial charge in [0.15, 0.2) is 11.6 Å². The molecular weight excluding hydrogens is 394 g/mol. The molecule has 1 fully saturated rings. The maximum atomic E-state index is 12.7. The van der Waals surface area contributed by atoms with Gasteiger partial charge in [0.05, 0.1) is 0 Å². The molecule has 1 aliphatic rings. The summed E-state index contributed by atoms with van der Waals surface area (Å²) in [5, 5.41) is 9.37. The fourth-order valence-electron chi connectivity index (χ4n) is 3.21. The average molecular weight is 415 g/mol. The zero-order valence-corrected chi connectivity index (χ0v) is 16.7. The van der Waals surface area contributed by atoms with Crippen LogP contribution in [0.4, 0.5) is 5.69 Å². The van der Waals surface area contributed by atoms with Gasteiger partial charge >= 0.3 is 0 Å². The zero-order chi connectivity index (χ0) is 20.4. The fourth-order valence-corrected chi connectivity index (χ4v) is 4.64. The number of nitrogens with one attached hydrogen (secondary N) is 2. The molecule has 1 aromatic carbocycles. The lowest BCUT2D eigenvalue weighted by Crippen LogP contribution is -2.35. The minimum atomic E-state index is -3.72. The summed E-state index contributed by atoms with van der Waals surface area (Å²) < 4.78 is 32.1. The molecule has 2 aromatic heterocycles. The highest BCUT2D eigenvalue weighted by Crippen LogP contribution is 2.24. The lowest BCUT2D eigenvalue weighted by Gasteiger charge is -2.24. The van der Waals surface area contributed by atoms with Crippen molar-refractivity contribution in [2.75, 3.05) is 18.4 Å². The van der Waals surface area contributed by atoms with Gasteiger partial charge in [0, 0.05) is 24.3 Å². The van der Waals surface area contributed by atoms with E-state index in [4.69, 9.17) is 4.42 Å². The largest absolute Gasteiger partial charge is 0.438 e. The number of hydrogen-bond acceptors (Lipinski definition) is 6. The Kier molecular flexibility index (Phi) is 5.20. The van der Waals surface area contributed by atoms with Crippen molar-refractivity contribution in [1.82, 2.24) is 19.5 Å². The van der Waals surface area contributed by atoms with Crippen molar-refractivity contribution in [3.05, 3.63) is 48.0 Å². The number of aromatic nitrogens is 3. The number of rotatable bonds is 5. The van der Waals surface area contributed by atoms with Gasteiger partial charge in [-0.1, -0.05) is 18.6 Å². The number of piperidine rings is 1. The van der Waals surface area contributed by atoms with Crippen LogP contribution >= 0.6 is 0 Å². The van der Waals surface area contributed by atoms with Crippen LogP contribution in [0, 0.1) is 6.92 Å². The molecule has 0 radical (unpaired) electrons. The topological polar surface area (TPSA) is 121 Å². The molecule has 2 N–H and O–H groups in total. The number of carbonyl (C=O) groups is 1. The standard InChI is InChI=1S/C19H21N5O4S/c1-13-20-18(23-22-13)14-6-5-7-15(12-14)21-19(25)16-8-9-17(28-16)29(26,27)24-10-3-2-4-11-24/h5-9,12H,2-4,10-11H2,1H3,(H,21,25)(H,20,22,23). The van der Waals surface area contributed by atoms with Gasteiger partial charge in [0.2, 0.25) is 5.09 Å². The number of H-pyrrole nitrogens is 1. The molecule has 0 spiro atoms. The van der Waals surface area contributed by atoms with Crippen LogP contribution in [0.2, 0.25) is 0 Å². The first-order chi connectivity index (χ1) is 13.9. The lowest BCUT2D eigenvalue weighted by atomic mass is 10.2. The molecule has 0 unspecified atom stereocenters. The van der Waals surface area contributed by atoms with Crippen molar-refractivity contribution >= 4 is 21.6 Å². The SMILES string of the molecule is Cc1nc(-c2cccc(NC(=O)c3ccc(S(=O)(=O)N4CCCCC4)o3)c2)n[nH]1. The monoisotopic (exact) mass is 415 g/mol. The molecule has 1 aliphatic heterocycles. The highest BCUT2D eigenvalue weighted by molar-refractivity contribution is 7.89. The number of anilines is 1. The molecule has 29 heavy (non-hydrogen) atoms. The first kappa shape index (κ1) is 19.3. The first-order valence-corrected chi connectivity index (χ1v) is 10.8. The summed E-state index contributed by atoms with van der Waals surface area (Å²) >= 11 is 0. The quantitative estimate of drug-likeness (QED) is 0.661. The van der Waals surface area contributed by atoms with Crippen LogP contribution in [-0.4, -0.2) is 46.9 Å². The van der Waals surface area contributed by atoms with Crippen LogP contribution < -0.4 is 5.32 Å². The van der Waals surface area contributed by atoms with Gasteiger partial charge in [-0.15, -0.1) is 0 Å². The first-order valence-electron chi connectivity index (χ1n) is 9.34. The van der Waals surface area contributed by atoms with E-state index in [1.54, 1.807) is 25.1 Å². The summed E-state index contributed by atoms with van der Waals surface area (Å²) in [7, 11) is -3.72. The number of aromatic amines is 1. The second kappa shape index (κ2) is 7.80. The van der Waals surface area contributed by atoms with Gasteiger partial charge in [-0.25, -0.2) is 13.4 Å². The Bertz CT molecular complexity index is 1130. The molecule has 1 saturated heterocycles. The summed E-state index contributed by atoms with van der Waals surface area (Å²) in [5.41, 5.74) is 1.26. The minimum Gasteiger partial charge on any atom is -0.438 e. The predicted molar refractivity (Wildman–Crippen MR) is 106 cm³/mol. The van der Waals surface area contributed by atoms with Crippen molar-refractivity contribution in [3.8, 4) is 11.4 Å². The van der Waals surface area contributed by atoms with Gasteiger partial charge in [0.25, 0.3) is 15.9 Å². The van der Waals surface area contributed by atoms with Crippen LogP contribution in [0.15, 0.2) is 45.9 Å². The number of hydrogen-bond donors (Lipinski definition) is 2. The number of sulfonamides is 1. The summed E-state index contributed by atoms with van der Waals surface area (Å²) in [6.45, 7) is 2.74. The van der Waals surface area contributed by atoms with Gasteiger partial charge in [-0.05, 0) is 44.0 Å². The third-order valence-corrected chi connectivity index (χ3v) is 6.46. The van der Waals surface area contributed by atoms with Gasteiger partial charge in [-0.3, -0.25) is 9.89 Å². The van der Waals surface area contributed by atoms with Gasteiger partial charge in [0.1, 0.15) is 5.82 Å². The molecule has 0 saturated carbocycles. The third-order valence-electron chi connectivity index (χ3n) is 4.69. The second-order valence-corrected chi connectivity index (χ2v) is 8.73. The molecular formula is C19H21N5O4S. The summed E-state index contributed by atoms with van der Waals surface area (Å²) in [5.74, 6) is 0.604.